The maximum atomic E-state index is 11.2. The first-order valence-electron chi connectivity index (χ1n) is 3.89. The molecule has 58 valence electrons. The average Bonchev–Trinajstić information content (AvgIpc) is 2.41. The summed E-state index contributed by atoms with van der Waals surface area (Å²) in [5.74, 6) is 0.221. The summed E-state index contributed by atoms with van der Waals surface area (Å²) in [6, 6.07) is 0.391. The summed E-state index contributed by atoms with van der Waals surface area (Å²) in [6.07, 6.45) is 2.61. The van der Waals surface area contributed by atoms with Crippen LogP contribution < -0.4 is 0 Å². The lowest BCUT2D eigenvalue weighted by Gasteiger charge is -2.14. The van der Waals surface area contributed by atoms with Gasteiger partial charge < -0.3 is 4.90 Å². The quantitative estimate of drug-likeness (QED) is 0.510. The van der Waals surface area contributed by atoms with Crippen molar-refractivity contribution in [3.63, 3.8) is 0 Å². The highest BCUT2D eigenvalue weighted by atomic mass is 16.2. The molecule has 1 amide bonds. The topological polar surface area (TPSA) is 20.3 Å². The van der Waals surface area contributed by atoms with Gasteiger partial charge in [0.25, 0.3) is 0 Å². The zero-order valence-electron chi connectivity index (χ0n) is 6.47. The number of allylic oxidation sites excluding steroid dienone is 1. The van der Waals surface area contributed by atoms with Gasteiger partial charge in [-0.3, -0.25) is 4.79 Å². The Morgan fingerprint density at radius 2 is 2.18 bits per heavy atom. The van der Waals surface area contributed by atoms with Crippen LogP contribution in [0.3, 0.4) is 0 Å². The van der Waals surface area contributed by atoms with Gasteiger partial charge in [0.1, 0.15) is 0 Å². The summed E-state index contributed by atoms with van der Waals surface area (Å²) in [5, 5.41) is 0. The summed E-state index contributed by atoms with van der Waals surface area (Å²) in [7, 11) is 0. The molecule has 0 unspecified atom stereocenters. The van der Waals surface area contributed by atoms with E-state index in [1.165, 1.54) is 0 Å². The summed E-state index contributed by atoms with van der Waals surface area (Å²) >= 11 is 0. The molecule has 2 saturated heterocycles. The second-order valence-corrected chi connectivity index (χ2v) is 3.21. The second-order valence-electron chi connectivity index (χ2n) is 3.21. The summed E-state index contributed by atoms with van der Waals surface area (Å²) in [6.45, 7) is 7.69. The van der Waals surface area contributed by atoms with Crippen molar-refractivity contribution in [3.8, 4) is 0 Å². The molecule has 0 bridgehead atoms. The molecular weight excluding hydrogens is 138 g/mol. The Kier molecular flexibility index (Phi) is 1.19. The number of carbonyl (C=O) groups is 1. The van der Waals surface area contributed by atoms with Crippen molar-refractivity contribution in [1.29, 1.82) is 0 Å². The van der Waals surface area contributed by atoms with Crippen molar-refractivity contribution < 1.29 is 4.79 Å². The predicted octanol–water partition coefficient (Wildman–Crippen LogP) is 1.45. The van der Waals surface area contributed by atoms with Crippen molar-refractivity contribution in [2.45, 2.75) is 25.3 Å². The van der Waals surface area contributed by atoms with E-state index in [1.807, 2.05) is 4.90 Å². The van der Waals surface area contributed by atoms with Crippen LogP contribution in [-0.2, 0) is 4.79 Å². The highest BCUT2D eigenvalue weighted by molar-refractivity contribution is 5.82. The fraction of sp³-hybridized carbons (Fsp3) is 0.444. The highest BCUT2D eigenvalue weighted by Crippen LogP contribution is 2.37. The van der Waals surface area contributed by atoms with E-state index in [1.54, 1.807) is 0 Å². The molecule has 0 N–H and O–H groups in total. The van der Waals surface area contributed by atoms with Gasteiger partial charge in [-0.1, -0.05) is 13.2 Å². The molecule has 1 atom stereocenters. The van der Waals surface area contributed by atoms with E-state index in [4.69, 9.17) is 0 Å². The average molecular weight is 149 g/mol. The van der Waals surface area contributed by atoms with Crippen molar-refractivity contribution in [3.05, 3.63) is 24.4 Å². The van der Waals surface area contributed by atoms with Crippen molar-refractivity contribution in [1.82, 2.24) is 4.90 Å². The number of fused-ring (bicyclic) bond motifs is 1. The fourth-order valence-electron chi connectivity index (χ4n) is 1.88. The number of hydrogen-bond acceptors (Lipinski definition) is 1. The van der Waals surface area contributed by atoms with Crippen LogP contribution >= 0.6 is 0 Å². The van der Waals surface area contributed by atoms with Crippen molar-refractivity contribution in [2.24, 2.45) is 0 Å². The molecule has 0 spiro atoms. The molecule has 0 saturated carbocycles. The Morgan fingerprint density at radius 1 is 1.45 bits per heavy atom. The summed E-state index contributed by atoms with van der Waals surface area (Å²) in [4.78, 5) is 13.0. The molecule has 2 rings (SSSR count). The highest BCUT2D eigenvalue weighted by Gasteiger charge is 2.38. The lowest BCUT2D eigenvalue weighted by Crippen LogP contribution is -2.24. The van der Waals surface area contributed by atoms with Crippen LogP contribution in [0.2, 0.25) is 0 Å². The zero-order chi connectivity index (χ0) is 8.01. The molecule has 2 aliphatic rings. The number of hydrogen-bond donors (Lipinski definition) is 0. The lowest BCUT2D eigenvalue weighted by atomic mass is 10.1. The largest absolute Gasteiger partial charge is 0.309 e. The van der Waals surface area contributed by atoms with Crippen LogP contribution in [0.25, 0.3) is 0 Å². The Bertz CT molecular complexity index is 254. The fourth-order valence-corrected chi connectivity index (χ4v) is 1.88. The number of nitrogens with zero attached hydrogens (tertiary/aromatic N) is 1. The SMILES string of the molecule is C=C1C[C@@H]2CCC(=O)N2C1=C. The third kappa shape index (κ3) is 0.754. The van der Waals surface area contributed by atoms with E-state index in [0.29, 0.717) is 12.5 Å². The molecule has 11 heavy (non-hydrogen) atoms. The molecule has 2 nitrogen and oxygen atoms in total. The molecule has 0 aliphatic carbocycles. The molecule has 0 radical (unpaired) electrons. The molecule has 2 heteroatoms. The minimum Gasteiger partial charge on any atom is -0.309 e. The monoisotopic (exact) mass is 149 g/mol. The van der Waals surface area contributed by atoms with Gasteiger partial charge in [-0.15, -0.1) is 0 Å². The van der Waals surface area contributed by atoms with Gasteiger partial charge in [0.05, 0.1) is 0 Å². The van der Waals surface area contributed by atoms with Crippen molar-refractivity contribution in [2.75, 3.05) is 0 Å². The molecule has 0 aromatic carbocycles. The van der Waals surface area contributed by atoms with Crippen molar-refractivity contribution >= 4 is 5.91 Å². The summed E-state index contributed by atoms with van der Waals surface area (Å²) in [5.41, 5.74) is 1.88. The molecule has 2 fully saturated rings. The first kappa shape index (κ1) is 6.65. The zero-order valence-corrected chi connectivity index (χ0v) is 6.47. The van der Waals surface area contributed by atoms with Crippen LogP contribution in [-0.4, -0.2) is 16.8 Å². The standard InChI is InChI=1S/C9H11NO/c1-6-5-8-3-4-9(11)10(8)7(6)2/h8H,1-5H2/t8-/m0/s1. The third-order valence-electron chi connectivity index (χ3n) is 2.51. The Morgan fingerprint density at radius 3 is 2.82 bits per heavy atom. The van der Waals surface area contributed by atoms with Gasteiger partial charge in [-0.25, -0.2) is 0 Å². The van der Waals surface area contributed by atoms with E-state index in [0.717, 1.165) is 24.1 Å². The first-order chi connectivity index (χ1) is 5.20. The Hall–Kier alpha value is -1.05. The van der Waals surface area contributed by atoms with E-state index in [-0.39, 0.29) is 5.91 Å². The van der Waals surface area contributed by atoms with Gasteiger partial charge in [-0.05, 0) is 18.4 Å². The van der Waals surface area contributed by atoms with Crippen LogP contribution in [0.1, 0.15) is 19.3 Å². The van der Waals surface area contributed by atoms with Gasteiger partial charge in [0, 0.05) is 18.2 Å². The minimum absolute atomic E-state index is 0.221. The first-order valence-corrected chi connectivity index (χ1v) is 3.89. The maximum Gasteiger partial charge on any atom is 0.227 e. The number of rotatable bonds is 0. The van der Waals surface area contributed by atoms with Gasteiger partial charge >= 0.3 is 0 Å². The van der Waals surface area contributed by atoms with Gasteiger partial charge in [-0.2, -0.15) is 0 Å². The molecule has 2 heterocycles. The predicted molar refractivity (Wildman–Crippen MR) is 42.8 cm³/mol. The Labute approximate surface area is 66.2 Å². The molecular formula is C9H11NO. The molecule has 2 aliphatic heterocycles. The lowest BCUT2D eigenvalue weighted by molar-refractivity contribution is -0.126. The van der Waals surface area contributed by atoms with Crippen LogP contribution in [0.4, 0.5) is 0 Å². The van der Waals surface area contributed by atoms with Gasteiger partial charge in [0.15, 0.2) is 0 Å². The Balaban J connectivity index is 2.33. The molecule has 0 aromatic rings. The normalized spacial score (nSPS) is 30.0. The second kappa shape index (κ2) is 1.97. The third-order valence-corrected chi connectivity index (χ3v) is 2.51. The van der Waals surface area contributed by atoms with E-state index < -0.39 is 0 Å². The number of amides is 1. The maximum absolute atomic E-state index is 11.2. The van der Waals surface area contributed by atoms with E-state index in [9.17, 15) is 4.79 Å². The smallest absolute Gasteiger partial charge is 0.227 e. The van der Waals surface area contributed by atoms with Crippen LogP contribution in [0.15, 0.2) is 24.4 Å². The van der Waals surface area contributed by atoms with E-state index >= 15 is 0 Å². The van der Waals surface area contributed by atoms with Crippen LogP contribution in [0.5, 0.6) is 0 Å². The van der Waals surface area contributed by atoms with Gasteiger partial charge in [0.2, 0.25) is 5.91 Å². The molecule has 0 aromatic heterocycles. The van der Waals surface area contributed by atoms with E-state index in [2.05, 4.69) is 13.2 Å². The minimum atomic E-state index is 0.221. The number of carbonyl (C=O) groups excluding carboxylic acids is 1. The van der Waals surface area contributed by atoms with Crippen LogP contribution in [0, 0.1) is 0 Å². The summed E-state index contributed by atoms with van der Waals surface area (Å²) < 4.78 is 0.